The van der Waals surface area contributed by atoms with Crippen molar-refractivity contribution < 1.29 is 14.0 Å². The molecule has 6 nitrogen and oxygen atoms in total. The molecule has 3 N–H and O–H groups in total. The van der Waals surface area contributed by atoms with Gasteiger partial charge in [-0.05, 0) is 61.7 Å². The number of amides is 2. The van der Waals surface area contributed by atoms with E-state index in [0.717, 1.165) is 16.5 Å². The van der Waals surface area contributed by atoms with Crippen molar-refractivity contribution in [1.82, 2.24) is 0 Å². The Morgan fingerprint density at radius 1 is 1.07 bits per heavy atom. The van der Waals surface area contributed by atoms with Gasteiger partial charge in [-0.3, -0.25) is 9.59 Å². The monoisotopic (exact) mass is 364 g/mol. The Morgan fingerprint density at radius 3 is 2.44 bits per heavy atom. The molecule has 1 heterocycles. The fraction of sp³-hybridized carbons (Fsp3) is 0.190. The van der Waals surface area contributed by atoms with E-state index in [1.54, 1.807) is 24.3 Å². The number of nitrogens with two attached hydrogens (primary N) is 1. The van der Waals surface area contributed by atoms with Crippen molar-refractivity contribution >= 4 is 28.5 Å². The summed E-state index contributed by atoms with van der Waals surface area (Å²) < 4.78 is 5.41. The molecule has 27 heavy (non-hydrogen) atoms. The molecular weight excluding hydrogens is 344 g/mol. The third kappa shape index (κ3) is 4.06. The lowest BCUT2D eigenvalue weighted by Crippen LogP contribution is -2.17. The van der Waals surface area contributed by atoms with Crippen LogP contribution in [-0.4, -0.2) is 11.8 Å². The topological polar surface area (TPSA) is 102 Å². The van der Waals surface area contributed by atoms with Gasteiger partial charge in [0.1, 0.15) is 5.58 Å². The predicted octanol–water partition coefficient (Wildman–Crippen LogP) is 3.08. The molecule has 0 spiro atoms. The summed E-state index contributed by atoms with van der Waals surface area (Å²) >= 11 is 0. The van der Waals surface area contributed by atoms with Crippen LogP contribution in [0.15, 0.2) is 51.7 Å². The van der Waals surface area contributed by atoms with E-state index in [2.05, 4.69) is 5.32 Å². The van der Waals surface area contributed by atoms with E-state index < -0.39 is 11.5 Å². The first-order valence-corrected chi connectivity index (χ1v) is 8.58. The number of carbonyl (C=O) groups is 2. The highest BCUT2D eigenvalue weighted by atomic mass is 16.4. The summed E-state index contributed by atoms with van der Waals surface area (Å²) in [6, 6.07) is 12.0. The van der Waals surface area contributed by atoms with E-state index in [-0.39, 0.29) is 18.7 Å². The Hall–Kier alpha value is -3.41. The zero-order chi connectivity index (χ0) is 19.6. The Labute approximate surface area is 156 Å². The molecule has 6 heteroatoms. The molecule has 1 aromatic heterocycles. The van der Waals surface area contributed by atoms with Crippen molar-refractivity contribution in [3.8, 4) is 0 Å². The number of fused-ring (bicyclic) bond motifs is 1. The summed E-state index contributed by atoms with van der Waals surface area (Å²) in [5, 5.41) is 3.61. The maximum atomic E-state index is 12.3. The van der Waals surface area contributed by atoms with Gasteiger partial charge in [0.25, 0.3) is 0 Å². The number of anilines is 1. The molecule has 0 radical (unpaired) electrons. The fourth-order valence-electron chi connectivity index (χ4n) is 2.97. The smallest absolute Gasteiger partial charge is 0.339 e. The van der Waals surface area contributed by atoms with Crippen molar-refractivity contribution in [1.29, 1.82) is 0 Å². The molecule has 3 aromatic rings. The number of rotatable bonds is 5. The minimum Gasteiger partial charge on any atom is -0.423 e. The van der Waals surface area contributed by atoms with Gasteiger partial charge in [-0.25, -0.2) is 4.79 Å². The predicted molar refractivity (Wildman–Crippen MR) is 104 cm³/mol. The minimum absolute atomic E-state index is 0.139. The zero-order valence-electron chi connectivity index (χ0n) is 15.2. The summed E-state index contributed by atoms with van der Waals surface area (Å²) in [7, 11) is 0. The maximum absolute atomic E-state index is 12.3. The number of carbonyl (C=O) groups excluding carboxylic acids is 2. The molecule has 0 saturated carbocycles. The number of primary amides is 1. The highest BCUT2D eigenvalue weighted by Gasteiger charge is 2.13. The first-order valence-electron chi connectivity index (χ1n) is 8.58. The zero-order valence-corrected chi connectivity index (χ0v) is 15.2. The van der Waals surface area contributed by atoms with Gasteiger partial charge in [0.2, 0.25) is 11.8 Å². The van der Waals surface area contributed by atoms with Crippen LogP contribution in [0.25, 0.3) is 11.0 Å². The van der Waals surface area contributed by atoms with Gasteiger partial charge >= 0.3 is 5.63 Å². The Bertz CT molecular complexity index is 1080. The minimum atomic E-state index is -0.526. The molecule has 2 aromatic carbocycles. The lowest BCUT2D eigenvalue weighted by atomic mass is 10.0. The molecule has 138 valence electrons. The summed E-state index contributed by atoms with van der Waals surface area (Å²) in [5.74, 6) is -0.758. The largest absolute Gasteiger partial charge is 0.423 e. The van der Waals surface area contributed by atoms with Crippen LogP contribution in [-0.2, 0) is 11.2 Å². The van der Waals surface area contributed by atoms with E-state index in [1.165, 1.54) is 0 Å². The third-order valence-corrected chi connectivity index (χ3v) is 4.50. The van der Waals surface area contributed by atoms with Gasteiger partial charge in [0.15, 0.2) is 0 Å². The van der Waals surface area contributed by atoms with E-state index >= 15 is 0 Å². The molecule has 0 fully saturated rings. The molecule has 0 aliphatic heterocycles. The molecule has 3 rings (SSSR count). The van der Waals surface area contributed by atoms with Crippen LogP contribution in [0.2, 0.25) is 0 Å². The molecule has 2 amide bonds. The third-order valence-electron chi connectivity index (χ3n) is 4.50. The highest BCUT2D eigenvalue weighted by molar-refractivity contribution is 5.94. The quantitative estimate of drug-likeness (QED) is 0.679. The SMILES string of the molecule is Cc1ccc2c(C)c(CCC(=O)Nc3ccc(C(N)=O)cc3)c(=O)oc2c1. The molecule has 0 aliphatic carbocycles. The molecule has 0 atom stereocenters. The Kier molecular flexibility index (Phi) is 5.07. The first-order chi connectivity index (χ1) is 12.8. The van der Waals surface area contributed by atoms with Gasteiger partial charge in [-0.1, -0.05) is 12.1 Å². The Balaban J connectivity index is 1.72. The summed E-state index contributed by atoms with van der Waals surface area (Å²) in [6.45, 7) is 3.80. The van der Waals surface area contributed by atoms with Crippen molar-refractivity contribution in [2.24, 2.45) is 5.73 Å². The van der Waals surface area contributed by atoms with Crippen molar-refractivity contribution in [2.45, 2.75) is 26.7 Å². The normalized spacial score (nSPS) is 10.7. The molecule has 0 saturated heterocycles. The van der Waals surface area contributed by atoms with E-state index in [4.69, 9.17) is 10.2 Å². The number of nitrogens with one attached hydrogen (secondary N) is 1. The van der Waals surface area contributed by atoms with Gasteiger partial charge < -0.3 is 15.5 Å². The van der Waals surface area contributed by atoms with E-state index in [9.17, 15) is 14.4 Å². The van der Waals surface area contributed by atoms with Crippen LogP contribution in [0.3, 0.4) is 0 Å². The number of aryl methyl sites for hydroxylation is 2. The lowest BCUT2D eigenvalue weighted by Gasteiger charge is -2.09. The van der Waals surface area contributed by atoms with Gasteiger partial charge in [0, 0.05) is 28.6 Å². The number of hydrogen-bond donors (Lipinski definition) is 2. The van der Waals surface area contributed by atoms with Crippen molar-refractivity contribution in [3.63, 3.8) is 0 Å². The second kappa shape index (κ2) is 7.45. The highest BCUT2D eigenvalue weighted by Crippen LogP contribution is 2.21. The van der Waals surface area contributed by atoms with Crippen LogP contribution >= 0.6 is 0 Å². The van der Waals surface area contributed by atoms with Gasteiger partial charge in [-0.15, -0.1) is 0 Å². The van der Waals surface area contributed by atoms with Gasteiger partial charge in [-0.2, -0.15) is 0 Å². The Morgan fingerprint density at radius 2 is 1.78 bits per heavy atom. The summed E-state index contributed by atoms with van der Waals surface area (Å²) in [5.41, 5.74) is 8.61. The number of hydrogen-bond acceptors (Lipinski definition) is 4. The van der Waals surface area contributed by atoms with Crippen LogP contribution in [0, 0.1) is 13.8 Å². The average molecular weight is 364 g/mol. The summed E-state index contributed by atoms with van der Waals surface area (Å²) in [4.78, 5) is 35.6. The van der Waals surface area contributed by atoms with Crippen LogP contribution < -0.4 is 16.7 Å². The average Bonchev–Trinajstić information content (AvgIpc) is 2.61. The van der Waals surface area contributed by atoms with Crippen molar-refractivity contribution in [3.05, 3.63) is 75.1 Å². The van der Waals surface area contributed by atoms with Gasteiger partial charge in [0.05, 0.1) is 0 Å². The van der Waals surface area contributed by atoms with E-state index in [0.29, 0.717) is 22.4 Å². The molecular formula is C21H20N2O4. The molecule has 0 unspecified atom stereocenters. The standard InChI is InChI=1S/C21H20N2O4/c1-12-3-8-16-13(2)17(21(26)27-18(16)11-12)9-10-19(24)23-15-6-4-14(5-7-15)20(22)25/h3-8,11H,9-10H2,1-2H3,(H2,22,25)(H,23,24). The first kappa shape index (κ1) is 18.4. The second-order valence-electron chi connectivity index (χ2n) is 6.48. The summed E-state index contributed by atoms with van der Waals surface area (Å²) in [6.07, 6.45) is 0.420. The number of benzene rings is 2. The molecule has 0 bridgehead atoms. The lowest BCUT2D eigenvalue weighted by molar-refractivity contribution is -0.116. The van der Waals surface area contributed by atoms with Crippen LogP contribution in [0.5, 0.6) is 0 Å². The fourth-order valence-corrected chi connectivity index (χ4v) is 2.97. The van der Waals surface area contributed by atoms with E-state index in [1.807, 2.05) is 32.0 Å². The maximum Gasteiger partial charge on any atom is 0.339 e. The van der Waals surface area contributed by atoms with Crippen LogP contribution in [0.1, 0.15) is 33.5 Å². The molecule has 0 aliphatic rings. The second-order valence-corrected chi connectivity index (χ2v) is 6.48. The van der Waals surface area contributed by atoms with Crippen molar-refractivity contribution in [2.75, 3.05) is 5.32 Å². The van der Waals surface area contributed by atoms with Crippen LogP contribution in [0.4, 0.5) is 5.69 Å².